The lowest BCUT2D eigenvalue weighted by atomic mass is 10.1. The van der Waals surface area contributed by atoms with Gasteiger partial charge < -0.3 is 15.2 Å². The van der Waals surface area contributed by atoms with Crippen molar-refractivity contribution in [2.75, 3.05) is 5.32 Å². The van der Waals surface area contributed by atoms with Gasteiger partial charge in [-0.1, -0.05) is 24.3 Å². The molecule has 0 aliphatic heterocycles. The molecule has 0 bridgehead atoms. The normalized spacial score (nSPS) is 10.6. The number of nitrogens with zero attached hydrogens (tertiary/aromatic N) is 1. The Labute approximate surface area is 119 Å². The van der Waals surface area contributed by atoms with Crippen molar-refractivity contribution in [1.82, 2.24) is 4.98 Å². The van der Waals surface area contributed by atoms with Crippen molar-refractivity contribution in [2.24, 2.45) is 0 Å². The van der Waals surface area contributed by atoms with E-state index in [1.165, 1.54) is 0 Å². The van der Waals surface area contributed by atoms with Gasteiger partial charge in [0.25, 0.3) is 0 Å². The highest BCUT2D eigenvalue weighted by Crippen LogP contribution is 2.22. The SMILES string of the molecule is CC(C)Oc1ncccc1NCc1ccc(CO)cc1. The number of rotatable bonds is 6. The molecule has 2 N–H and O–H groups in total. The number of aromatic nitrogens is 1. The van der Waals surface area contributed by atoms with Gasteiger partial charge in [0, 0.05) is 12.7 Å². The second-order valence-corrected chi connectivity index (χ2v) is 4.85. The maximum atomic E-state index is 9.02. The van der Waals surface area contributed by atoms with E-state index in [-0.39, 0.29) is 12.7 Å². The van der Waals surface area contributed by atoms with Crippen LogP contribution in [0.15, 0.2) is 42.6 Å². The van der Waals surface area contributed by atoms with Gasteiger partial charge >= 0.3 is 0 Å². The molecule has 0 fully saturated rings. The Bertz CT molecular complexity index is 538. The third-order valence-corrected chi connectivity index (χ3v) is 2.81. The van der Waals surface area contributed by atoms with Crippen molar-refractivity contribution >= 4 is 5.69 Å². The van der Waals surface area contributed by atoms with Crippen LogP contribution >= 0.6 is 0 Å². The van der Waals surface area contributed by atoms with Gasteiger partial charge in [-0.05, 0) is 37.1 Å². The number of aliphatic hydroxyl groups excluding tert-OH is 1. The Kier molecular flexibility index (Phi) is 4.96. The van der Waals surface area contributed by atoms with E-state index in [0.29, 0.717) is 12.4 Å². The van der Waals surface area contributed by atoms with E-state index in [9.17, 15) is 0 Å². The van der Waals surface area contributed by atoms with Crippen LogP contribution in [0.2, 0.25) is 0 Å². The molecule has 106 valence electrons. The average molecular weight is 272 g/mol. The molecule has 0 radical (unpaired) electrons. The third-order valence-electron chi connectivity index (χ3n) is 2.81. The minimum Gasteiger partial charge on any atom is -0.473 e. The lowest BCUT2D eigenvalue weighted by molar-refractivity contribution is 0.234. The molecule has 4 nitrogen and oxygen atoms in total. The largest absolute Gasteiger partial charge is 0.473 e. The van der Waals surface area contributed by atoms with E-state index in [2.05, 4.69) is 10.3 Å². The fraction of sp³-hybridized carbons (Fsp3) is 0.312. The van der Waals surface area contributed by atoms with Crippen LogP contribution in [0.5, 0.6) is 5.88 Å². The summed E-state index contributed by atoms with van der Waals surface area (Å²) in [7, 11) is 0. The molecule has 0 aliphatic rings. The smallest absolute Gasteiger partial charge is 0.237 e. The fourth-order valence-electron chi connectivity index (χ4n) is 1.80. The Morgan fingerprint density at radius 3 is 2.50 bits per heavy atom. The van der Waals surface area contributed by atoms with Crippen LogP contribution in [0.25, 0.3) is 0 Å². The Morgan fingerprint density at radius 2 is 1.85 bits per heavy atom. The van der Waals surface area contributed by atoms with Crippen molar-refractivity contribution in [3.8, 4) is 5.88 Å². The van der Waals surface area contributed by atoms with Gasteiger partial charge in [0.1, 0.15) is 0 Å². The van der Waals surface area contributed by atoms with E-state index < -0.39 is 0 Å². The molecule has 1 aromatic carbocycles. The van der Waals surface area contributed by atoms with Crippen LogP contribution in [0, 0.1) is 0 Å². The predicted molar refractivity (Wildman–Crippen MR) is 79.7 cm³/mol. The molecular formula is C16H20N2O2. The highest BCUT2D eigenvalue weighted by Gasteiger charge is 2.06. The molecule has 0 aliphatic carbocycles. The van der Waals surface area contributed by atoms with Crippen LogP contribution in [0.1, 0.15) is 25.0 Å². The van der Waals surface area contributed by atoms with Gasteiger partial charge in [0.15, 0.2) is 0 Å². The van der Waals surface area contributed by atoms with Crippen molar-refractivity contribution in [1.29, 1.82) is 0 Å². The maximum absolute atomic E-state index is 9.02. The maximum Gasteiger partial charge on any atom is 0.237 e. The zero-order valence-electron chi connectivity index (χ0n) is 11.8. The van der Waals surface area contributed by atoms with E-state index in [0.717, 1.165) is 16.8 Å². The molecule has 2 rings (SSSR count). The standard InChI is InChI=1S/C16H20N2O2/c1-12(2)20-16-15(4-3-9-17-16)18-10-13-5-7-14(11-19)8-6-13/h3-9,12,18-19H,10-11H2,1-2H3. The summed E-state index contributed by atoms with van der Waals surface area (Å²) >= 11 is 0. The van der Waals surface area contributed by atoms with Crippen molar-refractivity contribution in [3.63, 3.8) is 0 Å². The topological polar surface area (TPSA) is 54.4 Å². The first kappa shape index (κ1) is 14.3. The van der Waals surface area contributed by atoms with Crippen molar-refractivity contribution < 1.29 is 9.84 Å². The van der Waals surface area contributed by atoms with E-state index >= 15 is 0 Å². The van der Waals surface area contributed by atoms with E-state index in [1.807, 2.05) is 50.2 Å². The van der Waals surface area contributed by atoms with Crippen LogP contribution in [0.4, 0.5) is 5.69 Å². The molecule has 0 saturated carbocycles. The number of aliphatic hydroxyl groups is 1. The highest BCUT2D eigenvalue weighted by molar-refractivity contribution is 5.52. The number of anilines is 1. The number of pyridine rings is 1. The van der Waals surface area contributed by atoms with Gasteiger partial charge in [0.2, 0.25) is 5.88 Å². The van der Waals surface area contributed by atoms with Crippen LogP contribution in [0.3, 0.4) is 0 Å². The van der Waals surface area contributed by atoms with E-state index in [1.54, 1.807) is 6.20 Å². The number of ether oxygens (including phenoxy) is 1. The van der Waals surface area contributed by atoms with Crippen LogP contribution in [-0.2, 0) is 13.2 Å². The number of benzene rings is 1. The van der Waals surface area contributed by atoms with Crippen LogP contribution < -0.4 is 10.1 Å². The molecule has 0 amide bonds. The second-order valence-electron chi connectivity index (χ2n) is 4.85. The highest BCUT2D eigenvalue weighted by atomic mass is 16.5. The Balaban J connectivity index is 2.02. The monoisotopic (exact) mass is 272 g/mol. The second kappa shape index (κ2) is 6.91. The molecule has 1 heterocycles. The number of nitrogens with one attached hydrogen (secondary N) is 1. The molecule has 20 heavy (non-hydrogen) atoms. The Hall–Kier alpha value is -2.07. The zero-order chi connectivity index (χ0) is 14.4. The molecular weight excluding hydrogens is 252 g/mol. The van der Waals surface area contributed by atoms with Crippen LogP contribution in [-0.4, -0.2) is 16.2 Å². The summed E-state index contributed by atoms with van der Waals surface area (Å²) in [5.41, 5.74) is 2.94. The average Bonchev–Trinajstić information content (AvgIpc) is 2.46. The first-order valence-corrected chi connectivity index (χ1v) is 6.73. The van der Waals surface area contributed by atoms with Gasteiger partial charge in [-0.25, -0.2) is 4.98 Å². The van der Waals surface area contributed by atoms with Gasteiger partial charge in [-0.15, -0.1) is 0 Å². The minimum absolute atomic E-state index is 0.0721. The number of hydrogen-bond donors (Lipinski definition) is 2. The summed E-state index contributed by atoms with van der Waals surface area (Å²) in [6, 6.07) is 11.7. The molecule has 0 atom stereocenters. The van der Waals surface area contributed by atoms with Gasteiger partial charge in [-0.2, -0.15) is 0 Å². The Morgan fingerprint density at radius 1 is 1.15 bits per heavy atom. The van der Waals surface area contributed by atoms with Crippen molar-refractivity contribution in [3.05, 3.63) is 53.7 Å². The molecule has 2 aromatic rings. The fourth-order valence-corrected chi connectivity index (χ4v) is 1.80. The summed E-state index contributed by atoms with van der Waals surface area (Å²) in [6.07, 6.45) is 1.81. The first-order valence-electron chi connectivity index (χ1n) is 6.73. The summed E-state index contributed by atoms with van der Waals surface area (Å²) in [4.78, 5) is 4.24. The third kappa shape index (κ3) is 3.96. The summed E-state index contributed by atoms with van der Waals surface area (Å²) in [5.74, 6) is 0.620. The lowest BCUT2D eigenvalue weighted by Gasteiger charge is -2.14. The summed E-state index contributed by atoms with van der Waals surface area (Å²) in [6.45, 7) is 4.71. The number of hydrogen-bond acceptors (Lipinski definition) is 4. The zero-order valence-corrected chi connectivity index (χ0v) is 11.8. The van der Waals surface area contributed by atoms with Crippen molar-refractivity contribution in [2.45, 2.75) is 33.1 Å². The first-order chi connectivity index (χ1) is 9.69. The summed E-state index contributed by atoms with van der Waals surface area (Å²) in [5, 5.41) is 12.3. The minimum atomic E-state index is 0.0721. The summed E-state index contributed by atoms with van der Waals surface area (Å²) < 4.78 is 5.66. The van der Waals surface area contributed by atoms with Gasteiger partial charge in [0.05, 0.1) is 18.4 Å². The van der Waals surface area contributed by atoms with E-state index in [4.69, 9.17) is 9.84 Å². The van der Waals surface area contributed by atoms with Gasteiger partial charge in [-0.3, -0.25) is 0 Å². The molecule has 0 spiro atoms. The molecule has 4 heteroatoms. The quantitative estimate of drug-likeness (QED) is 0.849. The molecule has 0 saturated heterocycles. The lowest BCUT2D eigenvalue weighted by Crippen LogP contribution is -2.10. The predicted octanol–water partition coefficient (Wildman–Crippen LogP) is 2.97. The molecule has 1 aromatic heterocycles. The molecule has 0 unspecified atom stereocenters.